The number of nitrogens with two attached hydrogens (primary N) is 1. The third-order valence-electron chi connectivity index (χ3n) is 2.82. The van der Waals surface area contributed by atoms with Crippen LogP contribution < -0.4 is 5.73 Å². The normalized spacial score (nSPS) is 10.7. The molecule has 0 aromatic carbocycles. The van der Waals surface area contributed by atoms with Crippen LogP contribution in [0.2, 0.25) is 0 Å². The van der Waals surface area contributed by atoms with Crippen molar-refractivity contribution in [3.05, 3.63) is 48.3 Å². The summed E-state index contributed by atoms with van der Waals surface area (Å²) in [6, 6.07) is 9.58. The zero-order chi connectivity index (χ0) is 12.5. The highest BCUT2D eigenvalue weighted by Crippen LogP contribution is 2.22. The minimum atomic E-state index is 0.514. The number of aryl methyl sites for hydroxylation is 1. The molecule has 0 bridgehead atoms. The van der Waals surface area contributed by atoms with Crippen LogP contribution in [0.15, 0.2) is 42.7 Å². The zero-order valence-corrected chi connectivity index (χ0v) is 9.96. The molecule has 0 fully saturated rings. The summed E-state index contributed by atoms with van der Waals surface area (Å²) in [6.07, 6.45) is 3.58. The maximum absolute atomic E-state index is 5.76. The van der Waals surface area contributed by atoms with Crippen LogP contribution in [0.3, 0.4) is 0 Å². The standard InChI is InChI=1S/C14H12N4/c1-9-6-13(15)18-12-7-10(8-17-14(9)12)11-4-2-3-5-16-11/h2-8H,1H3,(H2,15,18). The van der Waals surface area contributed by atoms with Gasteiger partial charge in [0.05, 0.1) is 16.7 Å². The molecule has 0 saturated heterocycles. The number of aromatic nitrogens is 3. The average Bonchev–Trinajstić information content (AvgIpc) is 2.39. The van der Waals surface area contributed by atoms with Gasteiger partial charge in [0.2, 0.25) is 0 Å². The molecule has 0 saturated carbocycles. The molecule has 2 N–H and O–H groups in total. The number of pyridine rings is 3. The second-order valence-corrected chi connectivity index (χ2v) is 4.17. The first-order chi connectivity index (χ1) is 8.74. The largest absolute Gasteiger partial charge is 0.384 e. The fraction of sp³-hybridized carbons (Fsp3) is 0.0714. The van der Waals surface area contributed by atoms with Gasteiger partial charge in [0.1, 0.15) is 5.82 Å². The van der Waals surface area contributed by atoms with E-state index in [4.69, 9.17) is 5.73 Å². The van der Waals surface area contributed by atoms with Crippen molar-refractivity contribution in [2.75, 3.05) is 5.73 Å². The molecular weight excluding hydrogens is 224 g/mol. The lowest BCUT2D eigenvalue weighted by atomic mass is 10.1. The van der Waals surface area contributed by atoms with Gasteiger partial charge in [0.25, 0.3) is 0 Å². The van der Waals surface area contributed by atoms with Crippen molar-refractivity contribution in [2.24, 2.45) is 0 Å². The third-order valence-corrected chi connectivity index (χ3v) is 2.82. The van der Waals surface area contributed by atoms with E-state index in [1.807, 2.05) is 43.5 Å². The number of anilines is 1. The maximum Gasteiger partial charge on any atom is 0.124 e. The first-order valence-electron chi connectivity index (χ1n) is 5.68. The van der Waals surface area contributed by atoms with Gasteiger partial charge in [-0.2, -0.15) is 0 Å². The van der Waals surface area contributed by atoms with Gasteiger partial charge in [0, 0.05) is 18.0 Å². The molecule has 0 aliphatic heterocycles. The van der Waals surface area contributed by atoms with Crippen molar-refractivity contribution in [1.29, 1.82) is 0 Å². The van der Waals surface area contributed by atoms with Crippen LogP contribution >= 0.6 is 0 Å². The molecule has 4 heteroatoms. The van der Waals surface area contributed by atoms with Crippen molar-refractivity contribution in [3.63, 3.8) is 0 Å². The monoisotopic (exact) mass is 236 g/mol. The molecule has 88 valence electrons. The van der Waals surface area contributed by atoms with E-state index in [0.717, 1.165) is 27.9 Å². The molecule has 4 nitrogen and oxygen atoms in total. The molecule has 0 atom stereocenters. The van der Waals surface area contributed by atoms with Crippen LogP contribution in [0.25, 0.3) is 22.3 Å². The van der Waals surface area contributed by atoms with Crippen LogP contribution in [0.1, 0.15) is 5.56 Å². The summed E-state index contributed by atoms with van der Waals surface area (Å²) in [5.74, 6) is 0.514. The molecule has 3 heterocycles. The quantitative estimate of drug-likeness (QED) is 0.705. The molecule has 0 aliphatic rings. The summed E-state index contributed by atoms with van der Waals surface area (Å²) in [5, 5.41) is 0. The van der Waals surface area contributed by atoms with Gasteiger partial charge in [-0.05, 0) is 36.8 Å². The lowest BCUT2D eigenvalue weighted by Gasteiger charge is -2.05. The maximum atomic E-state index is 5.76. The number of rotatable bonds is 1. The number of nitrogen functional groups attached to an aromatic ring is 1. The van der Waals surface area contributed by atoms with Crippen LogP contribution in [0.5, 0.6) is 0 Å². The van der Waals surface area contributed by atoms with Crippen molar-refractivity contribution in [3.8, 4) is 11.3 Å². The number of nitrogens with zero attached hydrogens (tertiary/aromatic N) is 3. The molecule has 0 amide bonds. The van der Waals surface area contributed by atoms with Crippen LogP contribution in [-0.2, 0) is 0 Å². The van der Waals surface area contributed by atoms with Crippen LogP contribution in [0.4, 0.5) is 5.82 Å². The summed E-state index contributed by atoms with van der Waals surface area (Å²) in [7, 11) is 0. The Morgan fingerprint density at radius 2 is 2.00 bits per heavy atom. The van der Waals surface area contributed by atoms with Gasteiger partial charge >= 0.3 is 0 Å². The Balaban J connectivity index is 2.23. The fourth-order valence-electron chi connectivity index (χ4n) is 1.98. The van der Waals surface area contributed by atoms with Gasteiger partial charge in [-0.3, -0.25) is 9.97 Å². The fourth-order valence-corrected chi connectivity index (χ4v) is 1.98. The molecule has 3 rings (SSSR count). The zero-order valence-electron chi connectivity index (χ0n) is 9.96. The predicted octanol–water partition coefficient (Wildman–Crippen LogP) is 2.58. The van der Waals surface area contributed by atoms with E-state index in [1.54, 1.807) is 6.20 Å². The molecule has 0 radical (unpaired) electrons. The second-order valence-electron chi connectivity index (χ2n) is 4.17. The van der Waals surface area contributed by atoms with E-state index in [1.165, 1.54) is 0 Å². The summed E-state index contributed by atoms with van der Waals surface area (Å²) in [5.41, 5.74) is 10.3. The average molecular weight is 236 g/mol. The van der Waals surface area contributed by atoms with Gasteiger partial charge in [0.15, 0.2) is 0 Å². The van der Waals surface area contributed by atoms with E-state index >= 15 is 0 Å². The highest BCUT2D eigenvalue weighted by atomic mass is 14.9. The Labute approximate surface area is 105 Å². The highest BCUT2D eigenvalue weighted by molar-refractivity contribution is 5.83. The minimum Gasteiger partial charge on any atom is -0.384 e. The van der Waals surface area contributed by atoms with E-state index < -0.39 is 0 Å². The van der Waals surface area contributed by atoms with Crippen LogP contribution in [-0.4, -0.2) is 15.0 Å². The molecule has 18 heavy (non-hydrogen) atoms. The molecule has 0 aliphatic carbocycles. The van der Waals surface area contributed by atoms with E-state index in [2.05, 4.69) is 15.0 Å². The minimum absolute atomic E-state index is 0.514. The molecule has 3 aromatic heterocycles. The van der Waals surface area contributed by atoms with E-state index in [-0.39, 0.29) is 0 Å². The van der Waals surface area contributed by atoms with E-state index in [0.29, 0.717) is 5.82 Å². The SMILES string of the molecule is Cc1cc(N)nc2cc(-c3ccccn3)cnc12. The second kappa shape index (κ2) is 4.07. The topological polar surface area (TPSA) is 64.7 Å². The first kappa shape index (κ1) is 10.7. The van der Waals surface area contributed by atoms with Crippen molar-refractivity contribution < 1.29 is 0 Å². The molecule has 0 spiro atoms. The Morgan fingerprint density at radius 3 is 2.78 bits per heavy atom. The smallest absolute Gasteiger partial charge is 0.124 e. The van der Waals surface area contributed by atoms with Crippen LogP contribution in [0, 0.1) is 6.92 Å². The van der Waals surface area contributed by atoms with Gasteiger partial charge in [-0.1, -0.05) is 6.07 Å². The predicted molar refractivity (Wildman–Crippen MR) is 71.9 cm³/mol. The Bertz CT molecular complexity index is 708. The lowest BCUT2D eigenvalue weighted by Crippen LogP contribution is -1.95. The number of hydrogen-bond donors (Lipinski definition) is 1. The summed E-state index contributed by atoms with van der Waals surface area (Å²) < 4.78 is 0. The summed E-state index contributed by atoms with van der Waals surface area (Å²) >= 11 is 0. The first-order valence-corrected chi connectivity index (χ1v) is 5.68. The van der Waals surface area contributed by atoms with Gasteiger partial charge in [-0.15, -0.1) is 0 Å². The summed E-state index contributed by atoms with van der Waals surface area (Å²) in [4.78, 5) is 13.1. The highest BCUT2D eigenvalue weighted by Gasteiger charge is 2.05. The van der Waals surface area contributed by atoms with Crippen molar-refractivity contribution in [1.82, 2.24) is 15.0 Å². The third kappa shape index (κ3) is 1.78. The summed E-state index contributed by atoms with van der Waals surface area (Å²) in [6.45, 7) is 1.98. The van der Waals surface area contributed by atoms with E-state index in [9.17, 15) is 0 Å². The number of fused-ring (bicyclic) bond motifs is 1. The van der Waals surface area contributed by atoms with Crippen molar-refractivity contribution in [2.45, 2.75) is 6.92 Å². The molecular formula is C14H12N4. The molecule has 3 aromatic rings. The Kier molecular flexibility index (Phi) is 2.41. The van der Waals surface area contributed by atoms with Gasteiger partial charge < -0.3 is 5.73 Å². The molecule has 0 unspecified atom stereocenters. The Hall–Kier alpha value is -2.49. The lowest BCUT2D eigenvalue weighted by molar-refractivity contribution is 1.27. The van der Waals surface area contributed by atoms with Gasteiger partial charge in [-0.25, -0.2) is 4.98 Å². The number of hydrogen-bond acceptors (Lipinski definition) is 4. The Morgan fingerprint density at radius 1 is 1.11 bits per heavy atom. The van der Waals surface area contributed by atoms with Crippen molar-refractivity contribution >= 4 is 16.9 Å².